The second-order valence-electron chi connectivity index (χ2n) is 2.89. The molecule has 0 unspecified atom stereocenters. The molecular weight excluding hydrogens is 168 g/mol. The molecule has 0 radical (unpaired) electrons. The van der Waals surface area contributed by atoms with Crippen molar-refractivity contribution >= 4 is 11.8 Å². The zero-order chi connectivity index (χ0) is 8.39. The average Bonchev–Trinajstić information content (AvgIpc) is 2.17. The number of hydrogen-bond donors (Lipinski definition) is 0. The minimum absolute atomic E-state index is 1.06. The first-order valence-corrected chi connectivity index (χ1v) is 5.19. The van der Waals surface area contributed by atoms with Gasteiger partial charge >= 0.3 is 0 Å². The Balaban J connectivity index is 2.44. The van der Waals surface area contributed by atoms with Crippen LogP contribution in [0.1, 0.15) is 12.0 Å². The van der Waals surface area contributed by atoms with E-state index in [0.717, 1.165) is 5.75 Å². The van der Waals surface area contributed by atoms with Crippen LogP contribution in [0.2, 0.25) is 0 Å². The first kappa shape index (κ1) is 7.99. The molecule has 12 heavy (non-hydrogen) atoms. The fourth-order valence-electron chi connectivity index (χ4n) is 1.55. The summed E-state index contributed by atoms with van der Waals surface area (Å²) in [5, 5.41) is 0. The lowest BCUT2D eigenvalue weighted by molar-refractivity contribution is 0.407. The highest BCUT2D eigenvalue weighted by Gasteiger charge is 2.12. The molecule has 0 spiro atoms. The average molecular weight is 180 g/mol. The van der Waals surface area contributed by atoms with Crippen LogP contribution in [-0.2, 0) is 6.42 Å². The van der Waals surface area contributed by atoms with Gasteiger partial charge in [0, 0.05) is 10.5 Å². The van der Waals surface area contributed by atoms with Crippen molar-refractivity contribution in [2.75, 3.05) is 12.9 Å². The summed E-state index contributed by atoms with van der Waals surface area (Å²) >= 11 is 1.94. The lowest BCUT2D eigenvalue weighted by Crippen LogP contribution is -2.00. The molecule has 0 saturated heterocycles. The highest BCUT2D eigenvalue weighted by molar-refractivity contribution is 7.99. The van der Waals surface area contributed by atoms with Crippen molar-refractivity contribution in [2.24, 2.45) is 0 Å². The van der Waals surface area contributed by atoms with Crippen molar-refractivity contribution in [2.45, 2.75) is 17.7 Å². The Kier molecular flexibility index (Phi) is 2.26. The van der Waals surface area contributed by atoms with E-state index in [9.17, 15) is 0 Å². The van der Waals surface area contributed by atoms with Crippen molar-refractivity contribution in [1.82, 2.24) is 0 Å². The summed E-state index contributed by atoms with van der Waals surface area (Å²) in [4.78, 5) is 1.40. The smallest absolute Gasteiger partial charge is 0.123 e. The second kappa shape index (κ2) is 3.40. The molecular formula is C10H12OS. The molecule has 0 atom stereocenters. The van der Waals surface area contributed by atoms with Crippen LogP contribution in [0.4, 0.5) is 0 Å². The minimum atomic E-state index is 1.06. The van der Waals surface area contributed by atoms with Crippen LogP contribution < -0.4 is 4.74 Å². The first-order chi connectivity index (χ1) is 5.92. The van der Waals surface area contributed by atoms with Gasteiger partial charge in [-0.1, -0.05) is 6.07 Å². The fourth-order valence-corrected chi connectivity index (χ4v) is 2.61. The molecule has 2 rings (SSSR count). The predicted octanol–water partition coefficient (Wildman–Crippen LogP) is 2.73. The van der Waals surface area contributed by atoms with E-state index in [1.807, 2.05) is 17.8 Å². The molecule has 0 bridgehead atoms. The Hall–Kier alpha value is -0.630. The van der Waals surface area contributed by atoms with E-state index in [1.54, 1.807) is 7.11 Å². The van der Waals surface area contributed by atoms with Crippen molar-refractivity contribution < 1.29 is 4.74 Å². The molecule has 1 aromatic rings. The van der Waals surface area contributed by atoms with Gasteiger partial charge in [-0.25, -0.2) is 0 Å². The zero-order valence-corrected chi connectivity index (χ0v) is 7.99. The van der Waals surface area contributed by atoms with Crippen molar-refractivity contribution in [3.8, 4) is 5.75 Å². The fraction of sp³-hybridized carbons (Fsp3) is 0.400. The van der Waals surface area contributed by atoms with Gasteiger partial charge in [-0.15, -0.1) is 11.8 Å². The van der Waals surface area contributed by atoms with E-state index in [2.05, 4.69) is 12.1 Å². The molecule has 0 saturated carbocycles. The van der Waals surface area contributed by atoms with Gasteiger partial charge in [0.1, 0.15) is 5.75 Å². The summed E-state index contributed by atoms with van der Waals surface area (Å²) in [6.45, 7) is 0. The third-order valence-corrected chi connectivity index (χ3v) is 3.32. The minimum Gasteiger partial charge on any atom is -0.496 e. The molecule has 64 valence electrons. The van der Waals surface area contributed by atoms with Gasteiger partial charge in [-0.05, 0) is 30.7 Å². The van der Waals surface area contributed by atoms with E-state index >= 15 is 0 Å². The second-order valence-corrected chi connectivity index (χ2v) is 4.03. The summed E-state index contributed by atoms with van der Waals surface area (Å²) in [6.07, 6.45) is 2.45. The van der Waals surface area contributed by atoms with Crippen LogP contribution in [0, 0.1) is 0 Å². The normalized spacial score (nSPS) is 15.4. The van der Waals surface area contributed by atoms with Gasteiger partial charge in [-0.3, -0.25) is 0 Å². The molecule has 0 fully saturated rings. The zero-order valence-electron chi connectivity index (χ0n) is 7.17. The first-order valence-electron chi connectivity index (χ1n) is 4.20. The Labute approximate surface area is 77.1 Å². The lowest BCUT2D eigenvalue weighted by Gasteiger charge is -2.17. The van der Waals surface area contributed by atoms with Crippen LogP contribution >= 0.6 is 11.8 Å². The number of methoxy groups -OCH3 is 1. The molecule has 1 aliphatic rings. The van der Waals surface area contributed by atoms with E-state index < -0.39 is 0 Å². The van der Waals surface area contributed by atoms with Gasteiger partial charge < -0.3 is 4.74 Å². The van der Waals surface area contributed by atoms with Crippen LogP contribution in [0.5, 0.6) is 5.75 Å². The number of hydrogen-bond acceptors (Lipinski definition) is 2. The molecule has 1 heterocycles. The summed E-state index contributed by atoms with van der Waals surface area (Å²) in [6, 6.07) is 6.29. The Bertz CT molecular complexity index is 269. The molecule has 2 heteroatoms. The van der Waals surface area contributed by atoms with Gasteiger partial charge in [0.15, 0.2) is 0 Å². The van der Waals surface area contributed by atoms with Gasteiger partial charge in [0.05, 0.1) is 7.11 Å². The van der Waals surface area contributed by atoms with Crippen molar-refractivity contribution in [3.05, 3.63) is 23.8 Å². The van der Waals surface area contributed by atoms with E-state index in [0.29, 0.717) is 0 Å². The van der Waals surface area contributed by atoms with Gasteiger partial charge in [0.25, 0.3) is 0 Å². The summed E-state index contributed by atoms with van der Waals surface area (Å²) in [5.41, 5.74) is 1.40. The van der Waals surface area contributed by atoms with Crippen LogP contribution in [0.15, 0.2) is 23.1 Å². The maximum atomic E-state index is 5.30. The Morgan fingerprint density at radius 1 is 1.42 bits per heavy atom. The van der Waals surface area contributed by atoms with Crippen molar-refractivity contribution in [3.63, 3.8) is 0 Å². The van der Waals surface area contributed by atoms with Crippen molar-refractivity contribution in [1.29, 1.82) is 0 Å². The Morgan fingerprint density at radius 3 is 3.17 bits per heavy atom. The topological polar surface area (TPSA) is 9.23 Å². The van der Waals surface area contributed by atoms with E-state index in [1.165, 1.54) is 29.1 Å². The Morgan fingerprint density at radius 2 is 2.33 bits per heavy atom. The molecule has 1 aromatic carbocycles. The number of rotatable bonds is 1. The number of fused-ring (bicyclic) bond motifs is 1. The van der Waals surface area contributed by atoms with Crippen LogP contribution in [-0.4, -0.2) is 12.9 Å². The maximum absolute atomic E-state index is 5.30. The third kappa shape index (κ3) is 1.31. The molecule has 1 aliphatic heterocycles. The monoisotopic (exact) mass is 180 g/mol. The standard InChI is InChI=1S/C10H12OS/c1-11-9-5-2-6-10-8(9)4-3-7-12-10/h2,5-6H,3-4,7H2,1H3. The van der Waals surface area contributed by atoms with Gasteiger partial charge in [0.2, 0.25) is 0 Å². The molecule has 0 amide bonds. The number of thioether (sulfide) groups is 1. The third-order valence-electron chi connectivity index (χ3n) is 2.14. The number of benzene rings is 1. The molecule has 0 N–H and O–H groups in total. The summed E-state index contributed by atoms with van der Waals surface area (Å²) in [5.74, 6) is 2.31. The van der Waals surface area contributed by atoms with E-state index in [-0.39, 0.29) is 0 Å². The highest BCUT2D eigenvalue weighted by atomic mass is 32.2. The van der Waals surface area contributed by atoms with Crippen LogP contribution in [0.25, 0.3) is 0 Å². The molecule has 0 aromatic heterocycles. The number of ether oxygens (including phenoxy) is 1. The van der Waals surface area contributed by atoms with Crippen LogP contribution in [0.3, 0.4) is 0 Å². The van der Waals surface area contributed by atoms with Gasteiger partial charge in [-0.2, -0.15) is 0 Å². The van der Waals surface area contributed by atoms with E-state index in [4.69, 9.17) is 4.74 Å². The quantitative estimate of drug-likeness (QED) is 0.657. The SMILES string of the molecule is COc1cccc2c1CCCS2. The largest absolute Gasteiger partial charge is 0.496 e. The summed E-state index contributed by atoms with van der Waals surface area (Å²) < 4.78 is 5.30. The summed E-state index contributed by atoms with van der Waals surface area (Å²) in [7, 11) is 1.74. The predicted molar refractivity (Wildman–Crippen MR) is 52.0 cm³/mol. The molecule has 0 aliphatic carbocycles. The highest BCUT2D eigenvalue weighted by Crippen LogP contribution is 2.35. The lowest BCUT2D eigenvalue weighted by atomic mass is 10.1. The molecule has 1 nitrogen and oxygen atoms in total. The maximum Gasteiger partial charge on any atom is 0.123 e.